The number of hydrogen-bond acceptors (Lipinski definition) is 6. The molecule has 0 bridgehead atoms. The maximum absolute atomic E-state index is 12.7. The molecule has 2 N–H and O–H groups in total. The number of nitrogens with zero attached hydrogens (tertiary/aromatic N) is 1. The molecule has 1 amide bonds. The molecular weight excluding hydrogens is 486 g/mol. The zero-order valence-corrected chi connectivity index (χ0v) is 21.0. The van der Waals surface area contributed by atoms with Crippen LogP contribution in [0.1, 0.15) is 10.4 Å². The van der Waals surface area contributed by atoms with E-state index in [-0.39, 0.29) is 11.0 Å². The third-order valence-electron chi connectivity index (χ3n) is 5.76. The van der Waals surface area contributed by atoms with Crippen molar-refractivity contribution < 1.29 is 18.7 Å². The molecular formula is C29H23N3O4S. The first-order valence-corrected chi connectivity index (χ1v) is 11.9. The van der Waals surface area contributed by atoms with Crippen LogP contribution in [0.2, 0.25) is 0 Å². The zero-order valence-electron chi connectivity index (χ0n) is 20.1. The smallest absolute Gasteiger partial charge is 0.257 e. The molecule has 5 aromatic rings. The van der Waals surface area contributed by atoms with Crippen molar-refractivity contribution in [1.82, 2.24) is 10.3 Å². The van der Waals surface area contributed by atoms with Gasteiger partial charge in [-0.25, -0.2) is 4.98 Å². The third-order valence-corrected chi connectivity index (χ3v) is 5.96. The van der Waals surface area contributed by atoms with Gasteiger partial charge in [0.05, 0.1) is 14.2 Å². The van der Waals surface area contributed by atoms with Gasteiger partial charge in [-0.1, -0.05) is 42.5 Å². The number of thiocarbonyl (C=S) groups is 1. The topological polar surface area (TPSA) is 85.6 Å². The van der Waals surface area contributed by atoms with E-state index < -0.39 is 0 Å². The van der Waals surface area contributed by atoms with E-state index in [1.807, 2.05) is 48.5 Å². The maximum Gasteiger partial charge on any atom is 0.257 e. The van der Waals surface area contributed by atoms with Crippen molar-refractivity contribution in [2.45, 2.75) is 0 Å². The average Bonchev–Trinajstić information content (AvgIpc) is 3.36. The monoisotopic (exact) mass is 509 g/mol. The van der Waals surface area contributed by atoms with Crippen LogP contribution in [-0.4, -0.2) is 30.2 Å². The third kappa shape index (κ3) is 5.29. The van der Waals surface area contributed by atoms with Gasteiger partial charge < -0.3 is 19.2 Å². The highest BCUT2D eigenvalue weighted by Gasteiger charge is 2.13. The summed E-state index contributed by atoms with van der Waals surface area (Å²) < 4.78 is 16.6. The van der Waals surface area contributed by atoms with Crippen molar-refractivity contribution >= 4 is 40.0 Å². The van der Waals surface area contributed by atoms with Crippen molar-refractivity contribution in [3.63, 3.8) is 0 Å². The van der Waals surface area contributed by atoms with Gasteiger partial charge in [-0.15, -0.1) is 0 Å². The normalized spacial score (nSPS) is 10.6. The lowest BCUT2D eigenvalue weighted by Gasteiger charge is -2.10. The fourth-order valence-electron chi connectivity index (χ4n) is 3.88. The molecule has 0 saturated heterocycles. The van der Waals surface area contributed by atoms with Gasteiger partial charge in [0.25, 0.3) is 5.91 Å². The molecule has 184 valence electrons. The number of fused-ring (bicyclic) bond motifs is 1. The number of methoxy groups -OCH3 is 2. The molecule has 0 aliphatic heterocycles. The van der Waals surface area contributed by atoms with Gasteiger partial charge in [-0.05, 0) is 71.9 Å². The fourth-order valence-corrected chi connectivity index (χ4v) is 4.09. The Morgan fingerprint density at radius 2 is 1.51 bits per heavy atom. The first kappa shape index (κ1) is 24.0. The van der Waals surface area contributed by atoms with E-state index in [1.165, 1.54) is 0 Å². The van der Waals surface area contributed by atoms with Crippen LogP contribution in [0.3, 0.4) is 0 Å². The molecule has 5 rings (SSSR count). The number of carbonyl (C=O) groups excluding carboxylic acids is 1. The minimum atomic E-state index is -0.296. The molecule has 8 heteroatoms. The molecule has 0 aliphatic carbocycles. The lowest BCUT2D eigenvalue weighted by atomic mass is 10.0. The predicted octanol–water partition coefficient (Wildman–Crippen LogP) is 6.31. The number of anilines is 1. The standard InChI is InChI=1S/C29H23N3O4S/c1-34-25-14-12-21(16-26(25)35-2)28-31-23-17-22(13-15-24(23)36-28)30-29(37)32-27(33)20-10-8-19(9-11-20)18-6-4-3-5-7-18/h3-17H,1-2H3,(H2,30,32,33,37). The molecule has 1 heterocycles. The van der Waals surface area contributed by atoms with Crippen LogP contribution in [0.15, 0.2) is 95.4 Å². The summed E-state index contributed by atoms with van der Waals surface area (Å²) in [6.45, 7) is 0. The zero-order chi connectivity index (χ0) is 25.8. The van der Waals surface area contributed by atoms with E-state index in [9.17, 15) is 4.79 Å². The number of aromatic nitrogens is 1. The number of ether oxygens (including phenoxy) is 2. The Morgan fingerprint density at radius 3 is 2.24 bits per heavy atom. The summed E-state index contributed by atoms with van der Waals surface area (Å²) >= 11 is 5.36. The summed E-state index contributed by atoms with van der Waals surface area (Å²) in [6.07, 6.45) is 0. The quantitative estimate of drug-likeness (QED) is 0.260. The van der Waals surface area contributed by atoms with Crippen LogP contribution in [0.4, 0.5) is 5.69 Å². The Morgan fingerprint density at radius 1 is 0.811 bits per heavy atom. The van der Waals surface area contributed by atoms with Gasteiger partial charge in [0.15, 0.2) is 22.2 Å². The van der Waals surface area contributed by atoms with Crippen LogP contribution in [0, 0.1) is 0 Å². The van der Waals surface area contributed by atoms with Crippen LogP contribution >= 0.6 is 12.2 Å². The molecule has 1 aromatic heterocycles. The Kier molecular flexibility index (Phi) is 6.83. The van der Waals surface area contributed by atoms with Crippen molar-refractivity contribution in [2.75, 3.05) is 19.5 Å². The molecule has 7 nitrogen and oxygen atoms in total. The predicted molar refractivity (Wildman–Crippen MR) is 148 cm³/mol. The Bertz CT molecular complexity index is 1580. The second-order valence-corrected chi connectivity index (χ2v) is 8.53. The van der Waals surface area contributed by atoms with E-state index in [0.29, 0.717) is 39.7 Å². The highest BCUT2D eigenvalue weighted by Crippen LogP contribution is 2.33. The molecule has 0 saturated carbocycles. The van der Waals surface area contributed by atoms with Gasteiger partial charge in [-0.2, -0.15) is 0 Å². The molecule has 0 spiro atoms. The minimum absolute atomic E-state index is 0.181. The van der Waals surface area contributed by atoms with Gasteiger partial charge in [-0.3, -0.25) is 10.1 Å². The van der Waals surface area contributed by atoms with Crippen molar-refractivity contribution in [2.24, 2.45) is 0 Å². The van der Waals surface area contributed by atoms with Gasteiger partial charge >= 0.3 is 0 Å². The van der Waals surface area contributed by atoms with Crippen LogP contribution in [-0.2, 0) is 0 Å². The minimum Gasteiger partial charge on any atom is -0.493 e. The summed E-state index contributed by atoms with van der Waals surface area (Å²) in [5.41, 5.74) is 5.31. The Labute approximate surface area is 219 Å². The number of benzene rings is 4. The molecule has 0 aliphatic rings. The van der Waals surface area contributed by atoms with E-state index in [0.717, 1.165) is 16.7 Å². The number of oxazole rings is 1. The van der Waals surface area contributed by atoms with Crippen LogP contribution in [0.5, 0.6) is 11.5 Å². The Hall–Kier alpha value is -4.69. The number of amides is 1. The van der Waals surface area contributed by atoms with E-state index in [2.05, 4.69) is 15.6 Å². The summed E-state index contributed by atoms with van der Waals surface area (Å²) in [6, 6.07) is 28.2. The number of carbonyl (C=O) groups is 1. The van der Waals surface area contributed by atoms with E-state index in [4.69, 9.17) is 26.1 Å². The summed E-state index contributed by atoms with van der Waals surface area (Å²) in [4.78, 5) is 17.3. The van der Waals surface area contributed by atoms with Crippen LogP contribution < -0.4 is 20.1 Å². The fraction of sp³-hybridized carbons (Fsp3) is 0.0690. The van der Waals surface area contributed by atoms with E-state index in [1.54, 1.807) is 56.7 Å². The molecule has 0 radical (unpaired) electrons. The number of rotatable bonds is 6. The van der Waals surface area contributed by atoms with Crippen molar-refractivity contribution in [3.8, 4) is 34.1 Å². The maximum atomic E-state index is 12.7. The first-order chi connectivity index (χ1) is 18.0. The highest BCUT2D eigenvalue weighted by molar-refractivity contribution is 7.80. The van der Waals surface area contributed by atoms with Crippen LogP contribution in [0.25, 0.3) is 33.7 Å². The number of nitrogens with one attached hydrogen (secondary N) is 2. The second kappa shape index (κ2) is 10.5. The molecule has 37 heavy (non-hydrogen) atoms. The number of hydrogen-bond donors (Lipinski definition) is 2. The molecule has 0 atom stereocenters. The summed E-state index contributed by atoms with van der Waals surface area (Å²) in [5.74, 6) is 1.36. The summed E-state index contributed by atoms with van der Waals surface area (Å²) in [5, 5.41) is 5.93. The van der Waals surface area contributed by atoms with E-state index >= 15 is 0 Å². The van der Waals surface area contributed by atoms with Gasteiger partial charge in [0.1, 0.15) is 5.52 Å². The highest BCUT2D eigenvalue weighted by atomic mass is 32.1. The largest absolute Gasteiger partial charge is 0.493 e. The SMILES string of the molecule is COc1ccc(-c2nc3cc(NC(=S)NC(=O)c4ccc(-c5ccccc5)cc4)ccc3o2)cc1OC. The van der Waals surface area contributed by atoms with Gasteiger partial charge in [0, 0.05) is 16.8 Å². The van der Waals surface area contributed by atoms with Gasteiger partial charge in [0.2, 0.25) is 5.89 Å². The lowest BCUT2D eigenvalue weighted by Crippen LogP contribution is -2.34. The van der Waals surface area contributed by atoms with Crippen molar-refractivity contribution in [1.29, 1.82) is 0 Å². The average molecular weight is 510 g/mol. The second-order valence-electron chi connectivity index (χ2n) is 8.12. The van der Waals surface area contributed by atoms with Crippen molar-refractivity contribution in [3.05, 3.63) is 96.6 Å². The molecule has 0 unspecified atom stereocenters. The summed E-state index contributed by atoms with van der Waals surface area (Å²) in [7, 11) is 3.16. The first-order valence-electron chi connectivity index (χ1n) is 11.4. The lowest BCUT2D eigenvalue weighted by molar-refractivity contribution is 0.0977. The Balaban J connectivity index is 1.26. The molecule has 4 aromatic carbocycles. The molecule has 0 fully saturated rings.